The van der Waals surface area contributed by atoms with Gasteiger partial charge in [0.2, 0.25) is 0 Å². The van der Waals surface area contributed by atoms with Crippen LogP contribution in [0.1, 0.15) is 58.8 Å². The van der Waals surface area contributed by atoms with E-state index < -0.39 is 11.9 Å². The molecule has 0 spiro atoms. The minimum Gasteiger partial charge on any atom is -0.481 e. The van der Waals surface area contributed by atoms with Crippen LogP contribution in [0.5, 0.6) is 0 Å². The van der Waals surface area contributed by atoms with Gasteiger partial charge in [-0.1, -0.05) is 45.4 Å². The number of hydrogen-bond acceptors (Lipinski definition) is 2. The molecule has 0 amide bonds. The van der Waals surface area contributed by atoms with Crippen LogP contribution < -0.4 is 0 Å². The Kier molecular flexibility index (Phi) is 12.6. The fourth-order valence-corrected chi connectivity index (χ4v) is 1.63. The number of carboxylic acid groups (broad SMARTS) is 1. The third kappa shape index (κ3) is 8.92. The average molecular weight is 273 g/mol. The quantitative estimate of drug-likeness (QED) is 0.519. The molecular weight excluding hydrogens is 251 g/mol. The number of unbranched alkanes of at least 4 members (excludes halogenated alkanes) is 5. The fourth-order valence-electron chi connectivity index (χ4n) is 1.63. The van der Waals surface area contributed by atoms with Crippen LogP contribution in [0.4, 0.5) is 0 Å². The third-order valence-electron chi connectivity index (χ3n) is 2.64. The number of ketones is 1. The van der Waals surface area contributed by atoms with E-state index in [1.54, 1.807) is 0 Å². The molecule has 97 valence electrons. The van der Waals surface area contributed by atoms with Crippen molar-refractivity contribution in [2.75, 3.05) is 0 Å². The summed E-state index contributed by atoms with van der Waals surface area (Å²) in [5.41, 5.74) is 0. The number of aliphatic carboxylic acids is 1. The van der Waals surface area contributed by atoms with Gasteiger partial charge in [-0.3, -0.25) is 9.59 Å². The molecule has 16 heavy (non-hydrogen) atoms. The molecule has 0 saturated carbocycles. The summed E-state index contributed by atoms with van der Waals surface area (Å²) in [5.74, 6) is -1.98. The normalized spacial score (nSPS) is 11.6. The van der Waals surface area contributed by atoms with Crippen molar-refractivity contribution in [3.8, 4) is 0 Å². The number of carbonyl (C=O) groups is 2. The molecule has 0 aromatic carbocycles. The smallest absolute Gasteiger partial charge is 0.314 e. The van der Waals surface area contributed by atoms with Gasteiger partial charge in [0.25, 0.3) is 0 Å². The minimum absolute atomic E-state index is 0. The van der Waals surface area contributed by atoms with Gasteiger partial charge in [-0.15, -0.1) is 0 Å². The SMILES string of the molecule is CCCCCCCCC(C(C)=O)C(=O)O.[Co]. The van der Waals surface area contributed by atoms with Crippen LogP contribution >= 0.6 is 0 Å². The van der Waals surface area contributed by atoms with Gasteiger partial charge in [-0.25, -0.2) is 0 Å². The maximum absolute atomic E-state index is 11.0. The Labute approximate surface area is 108 Å². The van der Waals surface area contributed by atoms with Gasteiger partial charge in [0.1, 0.15) is 11.7 Å². The summed E-state index contributed by atoms with van der Waals surface area (Å²) in [7, 11) is 0. The standard InChI is InChI=1S/C12H22O3.Co/c1-3-4-5-6-7-8-9-11(10(2)13)12(14)15;/h11H,3-9H2,1-2H3,(H,14,15);. The van der Waals surface area contributed by atoms with Crippen LogP contribution in [0.25, 0.3) is 0 Å². The molecule has 0 saturated heterocycles. The minimum atomic E-state index is -0.976. The fraction of sp³-hybridized carbons (Fsp3) is 0.833. The Morgan fingerprint density at radius 1 is 1.06 bits per heavy atom. The summed E-state index contributed by atoms with van der Waals surface area (Å²) in [4.78, 5) is 21.7. The maximum atomic E-state index is 11.0. The second kappa shape index (κ2) is 11.1. The number of rotatable bonds is 9. The van der Waals surface area contributed by atoms with Gasteiger partial charge in [-0.05, 0) is 13.3 Å². The van der Waals surface area contributed by atoms with E-state index in [9.17, 15) is 9.59 Å². The first-order valence-electron chi connectivity index (χ1n) is 5.82. The van der Waals surface area contributed by atoms with E-state index in [0.717, 1.165) is 19.3 Å². The Bertz CT molecular complexity index is 190. The van der Waals surface area contributed by atoms with E-state index in [0.29, 0.717) is 6.42 Å². The molecule has 0 bridgehead atoms. The summed E-state index contributed by atoms with van der Waals surface area (Å²) in [6.45, 7) is 3.52. The number of carboxylic acids is 1. The molecule has 0 heterocycles. The largest absolute Gasteiger partial charge is 0.481 e. The van der Waals surface area contributed by atoms with Crippen LogP contribution in [0.3, 0.4) is 0 Å². The summed E-state index contributed by atoms with van der Waals surface area (Å²) >= 11 is 0. The molecule has 1 unspecified atom stereocenters. The van der Waals surface area contributed by atoms with Crippen molar-refractivity contribution in [3.05, 3.63) is 0 Å². The van der Waals surface area contributed by atoms with Crippen molar-refractivity contribution in [2.24, 2.45) is 5.92 Å². The maximum Gasteiger partial charge on any atom is 0.314 e. The molecule has 0 rings (SSSR count). The van der Waals surface area contributed by atoms with E-state index in [2.05, 4.69) is 6.92 Å². The monoisotopic (exact) mass is 273 g/mol. The number of hydrogen-bond donors (Lipinski definition) is 1. The number of carbonyl (C=O) groups excluding carboxylic acids is 1. The molecule has 0 aromatic heterocycles. The zero-order valence-corrected chi connectivity index (χ0v) is 11.2. The van der Waals surface area contributed by atoms with Gasteiger partial charge >= 0.3 is 5.97 Å². The van der Waals surface area contributed by atoms with Crippen LogP contribution in [-0.2, 0) is 26.4 Å². The van der Waals surface area contributed by atoms with E-state index in [1.807, 2.05) is 0 Å². The second-order valence-corrected chi connectivity index (χ2v) is 4.06. The van der Waals surface area contributed by atoms with Crippen molar-refractivity contribution in [1.29, 1.82) is 0 Å². The van der Waals surface area contributed by atoms with Crippen molar-refractivity contribution in [3.63, 3.8) is 0 Å². The molecule has 0 aliphatic rings. The molecule has 0 aromatic rings. The first-order valence-corrected chi connectivity index (χ1v) is 5.82. The Morgan fingerprint density at radius 3 is 2.00 bits per heavy atom. The topological polar surface area (TPSA) is 54.4 Å². The summed E-state index contributed by atoms with van der Waals surface area (Å²) in [6, 6.07) is 0. The molecule has 1 atom stereocenters. The average Bonchev–Trinajstić information content (AvgIpc) is 2.15. The van der Waals surface area contributed by atoms with Gasteiger partial charge in [0.15, 0.2) is 0 Å². The van der Waals surface area contributed by atoms with Crippen molar-refractivity contribution in [1.82, 2.24) is 0 Å². The van der Waals surface area contributed by atoms with Gasteiger partial charge in [0.05, 0.1) is 0 Å². The molecule has 4 heteroatoms. The van der Waals surface area contributed by atoms with Crippen LogP contribution in [-0.4, -0.2) is 16.9 Å². The predicted molar refractivity (Wildman–Crippen MR) is 59.8 cm³/mol. The molecule has 0 aliphatic carbocycles. The van der Waals surface area contributed by atoms with Gasteiger partial charge < -0.3 is 5.11 Å². The van der Waals surface area contributed by atoms with E-state index in [1.165, 1.54) is 26.2 Å². The second-order valence-electron chi connectivity index (χ2n) is 4.06. The Balaban J connectivity index is 0. The molecule has 1 N–H and O–H groups in total. The zero-order chi connectivity index (χ0) is 11.7. The molecule has 0 aliphatic heterocycles. The van der Waals surface area contributed by atoms with Crippen molar-refractivity contribution < 1.29 is 31.5 Å². The predicted octanol–water partition coefficient (Wildman–Crippen LogP) is 3.02. The summed E-state index contributed by atoms with van der Waals surface area (Å²) in [5, 5.41) is 8.76. The molecule has 0 fully saturated rings. The van der Waals surface area contributed by atoms with Gasteiger partial charge in [0, 0.05) is 16.8 Å². The van der Waals surface area contributed by atoms with E-state index >= 15 is 0 Å². The Hall–Kier alpha value is -0.354. The first kappa shape index (κ1) is 18.0. The van der Waals surface area contributed by atoms with Crippen molar-refractivity contribution >= 4 is 11.8 Å². The van der Waals surface area contributed by atoms with E-state index in [4.69, 9.17) is 5.11 Å². The molecular formula is C12H22CoO3. The van der Waals surface area contributed by atoms with Crippen LogP contribution in [0.2, 0.25) is 0 Å². The first-order chi connectivity index (χ1) is 7.09. The molecule has 3 nitrogen and oxygen atoms in total. The van der Waals surface area contributed by atoms with Crippen LogP contribution in [0, 0.1) is 5.92 Å². The molecule has 1 radical (unpaired) electrons. The number of Topliss-reactive ketones (excluding diaryl/α,β-unsaturated/α-hetero) is 1. The Morgan fingerprint density at radius 2 is 1.56 bits per heavy atom. The van der Waals surface area contributed by atoms with Crippen LogP contribution in [0.15, 0.2) is 0 Å². The zero-order valence-electron chi connectivity index (χ0n) is 10.1. The third-order valence-corrected chi connectivity index (χ3v) is 2.64. The summed E-state index contributed by atoms with van der Waals surface area (Å²) in [6.07, 6.45) is 7.21. The van der Waals surface area contributed by atoms with Gasteiger partial charge in [-0.2, -0.15) is 0 Å². The van der Waals surface area contributed by atoms with E-state index in [-0.39, 0.29) is 22.6 Å². The van der Waals surface area contributed by atoms with Crippen molar-refractivity contribution in [2.45, 2.75) is 58.8 Å². The summed E-state index contributed by atoms with van der Waals surface area (Å²) < 4.78 is 0.